The minimum Gasteiger partial charge on any atom is -0.311 e. The smallest absolute Gasteiger partial charge is 0.0185 e. The van der Waals surface area contributed by atoms with Crippen LogP contribution in [0, 0.1) is 5.92 Å². The molecule has 1 saturated heterocycles. The third kappa shape index (κ3) is 4.99. The van der Waals surface area contributed by atoms with Crippen molar-refractivity contribution < 1.29 is 0 Å². The van der Waals surface area contributed by atoms with Crippen molar-refractivity contribution in [3.8, 4) is 0 Å². The minimum absolute atomic E-state index is 0. The molecule has 0 aromatic rings. The van der Waals surface area contributed by atoms with Crippen molar-refractivity contribution in [2.24, 2.45) is 5.92 Å². The van der Waals surface area contributed by atoms with Crippen LogP contribution in [0.15, 0.2) is 0 Å². The quantitative estimate of drug-likeness (QED) is 0.618. The van der Waals surface area contributed by atoms with Gasteiger partial charge >= 0.3 is 0 Å². The van der Waals surface area contributed by atoms with Gasteiger partial charge in [-0.2, -0.15) is 0 Å². The van der Waals surface area contributed by atoms with E-state index in [1.54, 1.807) is 0 Å². The van der Waals surface area contributed by atoms with Gasteiger partial charge in [0.2, 0.25) is 0 Å². The second-order valence-corrected chi connectivity index (χ2v) is 3.81. The normalized spacial score (nSPS) is 25.9. The van der Waals surface area contributed by atoms with Gasteiger partial charge in [0.25, 0.3) is 0 Å². The molecular formula is C13H31N. The summed E-state index contributed by atoms with van der Waals surface area (Å²) in [4.78, 5) is 0. The molecule has 1 atom stereocenters. The minimum atomic E-state index is 0. The van der Waals surface area contributed by atoms with E-state index in [0.29, 0.717) is 5.54 Å². The fourth-order valence-corrected chi connectivity index (χ4v) is 1.96. The van der Waals surface area contributed by atoms with Crippen molar-refractivity contribution in [2.75, 3.05) is 6.54 Å². The Bertz CT molecular complexity index is 116. The van der Waals surface area contributed by atoms with Crippen LogP contribution in [0.2, 0.25) is 0 Å². The third-order valence-corrected chi connectivity index (χ3v) is 2.73. The molecule has 1 heteroatoms. The summed E-state index contributed by atoms with van der Waals surface area (Å²) < 4.78 is 0. The SMILES string of the molecule is C.CC.CC.CC1CCNC2(CC2)C1. The van der Waals surface area contributed by atoms with Crippen LogP contribution in [-0.4, -0.2) is 12.1 Å². The Balaban J connectivity index is 0. The summed E-state index contributed by atoms with van der Waals surface area (Å²) in [5, 5.41) is 3.60. The van der Waals surface area contributed by atoms with E-state index >= 15 is 0 Å². The van der Waals surface area contributed by atoms with Gasteiger partial charge in [-0.3, -0.25) is 0 Å². The highest BCUT2D eigenvalue weighted by Gasteiger charge is 2.44. The van der Waals surface area contributed by atoms with E-state index in [2.05, 4.69) is 12.2 Å². The zero-order valence-corrected chi connectivity index (χ0v) is 10.1. The average Bonchev–Trinajstić information content (AvgIpc) is 2.91. The van der Waals surface area contributed by atoms with Crippen molar-refractivity contribution in [3.63, 3.8) is 0 Å². The summed E-state index contributed by atoms with van der Waals surface area (Å²) in [6.45, 7) is 11.6. The number of hydrogen-bond donors (Lipinski definition) is 1. The van der Waals surface area contributed by atoms with E-state index < -0.39 is 0 Å². The Morgan fingerprint density at radius 1 is 1.07 bits per heavy atom. The molecule has 0 aromatic carbocycles. The molecule has 1 aliphatic heterocycles. The maximum Gasteiger partial charge on any atom is 0.0185 e. The molecule has 1 aliphatic carbocycles. The van der Waals surface area contributed by atoms with Gasteiger partial charge in [-0.25, -0.2) is 0 Å². The fraction of sp³-hybridized carbons (Fsp3) is 1.00. The van der Waals surface area contributed by atoms with Crippen LogP contribution in [0.25, 0.3) is 0 Å². The second kappa shape index (κ2) is 8.28. The highest BCUT2D eigenvalue weighted by atomic mass is 15.0. The molecular weight excluding hydrogens is 170 g/mol. The molecule has 1 nitrogen and oxygen atoms in total. The first kappa shape index (κ1) is 16.4. The first-order valence-electron chi connectivity index (χ1n) is 6.06. The van der Waals surface area contributed by atoms with Crippen LogP contribution in [0.5, 0.6) is 0 Å². The third-order valence-electron chi connectivity index (χ3n) is 2.73. The van der Waals surface area contributed by atoms with E-state index in [-0.39, 0.29) is 7.43 Å². The maximum absolute atomic E-state index is 3.60. The molecule has 14 heavy (non-hydrogen) atoms. The summed E-state index contributed by atoms with van der Waals surface area (Å²) in [7, 11) is 0. The highest BCUT2D eigenvalue weighted by molar-refractivity contribution is 5.04. The largest absolute Gasteiger partial charge is 0.311 e. The summed E-state index contributed by atoms with van der Waals surface area (Å²) in [6.07, 6.45) is 5.71. The monoisotopic (exact) mass is 201 g/mol. The molecule has 0 radical (unpaired) electrons. The molecule has 88 valence electrons. The van der Waals surface area contributed by atoms with Gasteiger partial charge in [0.1, 0.15) is 0 Å². The Morgan fingerprint density at radius 3 is 1.86 bits per heavy atom. The van der Waals surface area contributed by atoms with E-state index in [4.69, 9.17) is 0 Å². The lowest BCUT2D eigenvalue weighted by molar-refractivity contribution is 0.305. The average molecular weight is 201 g/mol. The maximum atomic E-state index is 3.60. The lowest BCUT2D eigenvalue weighted by atomic mass is 9.93. The van der Waals surface area contributed by atoms with Crippen molar-refractivity contribution in [1.29, 1.82) is 0 Å². The molecule has 1 spiro atoms. The molecule has 0 amide bonds. The van der Waals surface area contributed by atoms with Gasteiger partial charge in [0, 0.05) is 5.54 Å². The fourth-order valence-electron chi connectivity index (χ4n) is 1.96. The Kier molecular flexibility index (Phi) is 9.70. The molecule has 2 fully saturated rings. The highest BCUT2D eigenvalue weighted by Crippen LogP contribution is 2.43. The van der Waals surface area contributed by atoms with Crippen LogP contribution in [-0.2, 0) is 0 Å². The topological polar surface area (TPSA) is 12.0 Å². The van der Waals surface area contributed by atoms with E-state index in [0.717, 1.165) is 5.92 Å². The van der Waals surface area contributed by atoms with Gasteiger partial charge in [0.15, 0.2) is 0 Å². The molecule has 2 aliphatic rings. The van der Waals surface area contributed by atoms with Crippen LogP contribution < -0.4 is 5.32 Å². The standard InChI is InChI=1S/C8H15N.2C2H6.CH4/c1-7-2-5-9-8(6-7)3-4-8;2*1-2;/h7,9H,2-6H2,1H3;2*1-2H3;1H4. The van der Waals surface area contributed by atoms with Crippen LogP contribution >= 0.6 is 0 Å². The molecule has 2 rings (SSSR count). The van der Waals surface area contributed by atoms with Crippen LogP contribution in [0.1, 0.15) is 67.7 Å². The van der Waals surface area contributed by atoms with E-state index in [1.165, 1.54) is 32.2 Å². The van der Waals surface area contributed by atoms with E-state index in [1.807, 2.05) is 27.7 Å². The summed E-state index contributed by atoms with van der Waals surface area (Å²) in [5.74, 6) is 0.980. The van der Waals surface area contributed by atoms with Gasteiger partial charge in [-0.05, 0) is 38.1 Å². The Morgan fingerprint density at radius 2 is 1.57 bits per heavy atom. The molecule has 1 heterocycles. The summed E-state index contributed by atoms with van der Waals surface area (Å²) >= 11 is 0. The zero-order chi connectivity index (χ0) is 10.3. The zero-order valence-electron chi connectivity index (χ0n) is 10.1. The number of nitrogens with one attached hydrogen (secondary N) is 1. The Hall–Kier alpha value is -0.0400. The molecule has 1 unspecified atom stereocenters. The van der Waals surface area contributed by atoms with Crippen LogP contribution in [0.4, 0.5) is 0 Å². The van der Waals surface area contributed by atoms with Gasteiger partial charge in [-0.15, -0.1) is 0 Å². The number of rotatable bonds is 0. The van der Waals surface area contributed by atoms with E-state index in [9.17, 15) is 0 Å². The first-order chi connectivity index (χ1) is 6.31. The molecule has 1 saturated carbocycles. The molecule has 1 N–H and O–H groups in total. The van der Waals surface area contributed by atoms with Crippen LogP contribution in [0.3, 0.4) is 0 Å². The lowest BCUT2D eigenvalue weighted by Crippen LogP contribution is -2.39. The van der Waals surface area contributed by atoms with Gasteiger partial charge < -0.3 is 5.32 Å². The second-order valence-electron chi connectivity index (χ2n) is 3.81. The predicted octanol–water partition coefficient (Wildman–Crippen LogP) is 4.23. The number of piperidine rings is 1. The van der Waals surface area contributed by atoms with Gasteiger partial charge in [-0.1, -0.05) is 42.0 Å². The summed E-state index contributed by atoms with van der Waals surface area (Å²) in [5.41, 5.74) is 0.650. The summed E-state index contributed by atoms with van der Waals surface area (Å²) in [6, 6.07) is 0. The Labute approximate surface area is 91.7 Å². The lowest BCUT2D eigenvalue weighted by Gasteiger charge is -2.27. The van der Waals surface area contributed by atoms with Crippen molar-refractivity contribution in [2.45, 2.75) is 73.3 Å². The predicted molar refractivity (Wildman–Crippen MR) is 67.8 cm³/mol. The van der Waals surface area contributed by atoms with Crippen molar-refractivity contribution in [1.82, 2.24) is 5.32 Å². The van der Waals surface area contributed by atoms with Crippen molar-refractivity contribution >= 4 is 0 Å². The number of hydrogen-bond acceptors (Lipinski definition) is 1. The molecule has 0 bridgehead atoms. The van der Waals surface area contributed by atoms with Gasteiger partial charge in [0.05, 0.1) is 0 Å². The first-order valence-corrected chi connectivity index (χ1v) is 6.06. The molecule has 0 aromatic heterocycles. The van der Waals surface area contributed by atoms with Crippen molar-refractivity contribution in [3.05, 3.63) is 0 Å².